The van der Waals surface area contributed by atoms with E-state index in [1.54, 1.807) is 56.8 Å². The number of nitrogens with zero attached hydrogens (tertiary/aromatic N) is 3. The molecule has 0 aliphatic rings. The fraction of sp³-hybridized carbons (Fsp3) is 0.105. The quantitative estimate of drug-likeness (QED) is 0.577. The summed E-state index contributed by atoms with van der Waals surface area (Å²) in [4.78, 5) is 20.0. The molecule has 0 amide bonds. The van der Waals surface area contributed by atoms with Gasteiger partial charge in [-0.3, -0.25) is 9.78 Å². The Morgan fingerprint density at radius 2 is 1.96 bits per heavy atom. The summed E-state index contributed by atoms with van der Waals surface area (Å²) in [6.07, 6.45) is 1.60. The molecule has 0 aliphatic carbocycles. The van der Waals surface area contributed by atoms with E-state index in [2.05, 4.69) is 15.1 Å². The van der Waals surface area contributed by atoms with Crippen LogP contribution >= 0.6 is 0 Å². The monoisotopic (exact) mass is 364 g/mol. The standard InChI is InChI=1S/C19H16N4O4/c1-26-11-6-7-12(15(9-11)27-2)14-10-16(24)23-18(21-14)17(19(25)22-23)13-5-3-4-8-20-13/h3-10,21H,1-2H3,(H,22,25). The van der Waals surface area contributed by atoms with E-state index in [1.807, 2.05) is 0 Å². The normalized spacial score (nSPS) is 10.9. The van der Waals surface area contributed by atoms with Crippen LogP contribution in [0.4, 0.5) is 0 Å². The van der Waals surface area contributed by atoms with Gasteiger partial charge in [0, 0.05) is 23.9 Å². The number of rotatable bonds is 4. The number of fused-ring (bicyclic) bond motifs is 1. The van der Waals surface area contributed by atoms with Crippen LogP contribution in [0.25, 0.3) is 28.2 Å². The molecule has 27 heavy (non-hydrogen) atoms. The third-order valence-corrected chi connectivity index (χ3v) is 4.22. The number of nitrogens with one attached hydrogen (secondary N) is 1. The van der Waals surface area contributed by atoms with E-state index in [0.717, 1.165) is 4.52 Å². The maximum atomic E-state index is 12.6. The zero-order valence-corrected chi connectivity index (χ0v) is 14.6. The summed E-state index contributed by atoms with van der Waals surface area (Å²) in [5.74, 6) is 0.897. The first kappa shape index (κ1) is 16.6. The minimum Gasteiger partial charge on any atom is -0.497 e. The van der Waals surface area contributed by atoms with Crippen molar-refractivity contribution < 1.29 is 14.6 Å². The molecule has 1 aromatic carbocycles. The van der Waals surface area contributed by atoms with Gasteiger partial charge < -0.3 is 19.6 Å². The van der Waals surface area contributed by atoms with Gasteiger partial charge in [-0.05, 0) is 24.3 Å². The third kappa shape index (κ3) is 2.77. The highest BCUT2D eigenvalue weighted by atomic mass is 16.5. The minimum atomic E-state index is -0.394. The van der Waals surface area contributed by atoms with E-state index >= 15 is 0 Å². The molecule has 0 spiro atoms. The fourth-order valence-corrected chi connectivity index (χ4v) is 2.94. The molecule has 0 fully saturated rings. The Hall–Kier alpha value is -3.81. The Morgan fingerprint density at radius 3 is 2.67 bits per heavy atom. The van der Waals surface area contributed by atoms with Gasteiger partial charge in [0.15, 0.2) is 5.65 Å². The first-order chi connectivity index (χ1) is 13.1. The van der Waals surface area contributed by atoms with Crippen molar-refractivity contribution in [2.24, 2.45) is 0 Å². The van der Waals surface area contributed by atoms with E-state index in [4.69, 9.17) is 9.47 Å². The summed E-state index contributed by atoms with van der Waals surface area (Å²) in [5, 5.41) is 14.2. The van der Waals surface area contributed by atoms with Crippen LogP contribution < -0.4 is 15.0 Å². The number of aromatic nitrogens is 4. The summed E-state index contributed by atoms with van der Waals surface area (Å²) in [6, 6.07) is 12.0. The second-order valence-corrected chi connectivity index (χ2v) is 5.76. The van der Waals surface area contributed by atoms with Crippen molar-refractivity contribution in [2.75, 3.05) is 14.2 Å². The van der Waals surface area contributed by atoms with E-state index in [9.17, 15) is 9.90 Å². The third-order valence-electron chi connectivity index (χ3n) is 4.22. The van der Waals surface area contributed by atoms with Gasteiger partial charge in [-0.2, -0.15) is 4.52 Å². The van der Waals surface area contributed by atoms with Crippen LogP contribution in [0.5, 0.6) is 17.4 Å². The first-order valence-electron chi connectivity index (χ1n) is 8.11. The van der Waals surface area contributed by atoms with Gasteiger partial charge in [0.25, 0.3) is 5.56 Å². The molecule has 3 heterocycles. The van der Waals surface area contributed by atoms with Crippen LogP contribution in [0.15, 0.2) is 53.5 Å². The van der Waals surface area contributed by atoms with E-state index in [0.29, 0.717) is 39.7 Å². The molecule has 3 aromatic heterocycles. The molecule has 136 valence electrons. The Bertz CT molecular complexity index is 1180. The summed E-state index contributed by atoms with van der Waals surface area (Å²) in [5.41, 5.74) is 1.98. The summed E-state index contributed by atoms with van der Waals surface area (Å²) in [7, 11) is 3.11. The minimum absolute atomic E-state index is 0.277. The molecule has 0 bridgehead atoms. The highest BCUT2D eigenvalue weighted by Gasteiger charge is 2.19. The molecule has 0 unspecified atom stereocenters. The Balaban J connectivity index is 1.98. The van der Waals surface area contributed by atoms with Crippen molar-refractivity contribution in [3.8, 4) is 39.9 Å². The van der Waals surface area contributed by atoms with Crippen LogP contribution in [-0.2, 0) is 0 Å². The highest BCUT2D eigenvalue weighted by Crippen LogP contribution is 2.34. The highest BCUT2D eigenvalue weighted by molar-refractivity contribution is 5.81. The molecule has 4 rings (SSSR count). The number of methoxy groups -OCH3 is 2. The molecule has 0 saturated heterocycles. The number of benzene rings is 1. The van der Waals surface area contributed by atoms with E-state index < -0.39 is 5.56 Å². The van der Waals surface area contributed by atoms with Gasteiger partial charge in [-0.1, -0.05) is 6.07 Å². The van der Waals surface area contributed by atoms with Gasteiger partial charge in [0.2, 0.25) is 5.88 Å². The molecule has 2 N–H and O–H groups in total. The number of aromatic hydroxyl groups is 1. The average Bonchev–Trinajstić information content (AvgIpc) is 3.04. The van der Waals surface area contributed by atoms with Gasteiger partial charge in [0.1, 0.15) is 17.1 Å². The number of hydrogen-bond acceptors (Lipinski definition) is 6. The SMILES string of the molecule is COc1ccc(-c2cc(=O)n3nc(O)c(-c4ccccn4)c3[nH]2)c(OC)c1. The molecule has 0 atom stereocenters. The van der Waals surface area contributed by atoms with Crippen molar-refractivity contribution in [3.63, 3.8) is 0 Å². The molecule has 4 aromatic rings. The van der Waals surface area contributed by atoms with Crippen molar-refractivity contribution in [1.29, 1.82) is 0 Å². The Kier molecular flexibility index (Phi) is 4.00. The lowest BCUT2D eigenvalue weighted by Gasteiger charge is -2.11. The predicted octanol–water partition coefficient (Wildman–Crippen LogP) is 2.47. The molecule has 0 saturated carbocycles. The van der Waals surface area contributed by atoms with E-state index in [-0.39, 0.29) is 5.88 Å². The first-order valence-corrected chi connectivity index (χ1v) is 8.11. The van der Waals surface area contributed by atoms with Crippen molar-refractivity contribution in [1.82, 2.24) is 19.6 Å². The average molecular weight is 364 g/mol. The summed E-state index contributed by atoms with van der Waals surface area (Å²) >= 11 is 0. The lowest BCUT2D eigenvalue weighted by atomic mass is 10.1. The van der Waals surface area contributed by atoms with Gasteiger partial charge in [-0.25, -0.2) is 0 Å². The number of hydrogen-bond donors (Lipinski definition) is 2. The van der Waals surface area contributed by atoms with Crippen molar-refractivity contribution in [2.45, 2.75) is 0 Å². The van der Waals surface area contributed by atoms with Crippen molar-refractivity contribution >= 4 is 5.65 Å². The van der Waals surface area contributed by atoms with Gasteiger partial charge >= 0.3 is 0 Å². The number of aromatic amines is 1. The Morgan fingerprint density at radius 1 is 1.11 bits per heavy atom. The smallest absolute Gasteiger partial charge is 0.275 e. The topological polar surface area (TPSA) is 102 Å². The molecule has 0 radical (unpaired) electrons. The van der Waals surface area contributed by atoms with Gasteiger partial charge in [-0.15, -0.1) is 5.10 Å². The van der Waals surface area contributed by atoms with Gasteiger partial charge in [0.05, 0.1) is 25.6 Å². The molecule has 0 aliphatic heterocycles. The van der Waals surface area contributed by atoms with Crippen LogP contribution in [0.3, 0.4) is 0 Å². The maximum absolute atomic E-state index is 12.6. The second-order valence-electron chi connectivity index (χ2n) is 5.76. The summed E-state index contributed by atoms with van der Waals surface area (Å²) < 4.78 is 11.8. The molecular weight excluding hydrogens is 348 g/mol. The predicted molar refractivity (Wildman–Crippen MR) is 99.2 cm³/mol. The molecular formula is C19H16N4O4. The summed E-state index contributed by atoms with van der Waals surface area (Å²) in [6.45, 7) is 0. The van der Waals surface area contributed by atoms with E-state index in [1.165, 1.54) is 6.07 Å². The van der Waals surface area contributed by atoms with Crippen LogP contribution in [0.1, 0.15) is 0 Å². The molecule has 8 nitrogen and oxygen atoms in total. The zero-order chi connectivity index (χ0) is 19.0. The lowest BCUT2D eigenvalue weighted by molar-refractivity contribution is 0.395. The Labute approximate surface area is 153 Å². The number of pyridine rings is 1. The van der Waals surface area contributed by atoms with Crippen LogP contribution in [-0.4, -0.2) is 38.9 Å². The number of H-pyrrole nitrogens is 1. The lowest BCUT2D eigenvalue weighted by Crippen LogP contribution is -2.14. The second kappa shape index (κ2) is 6.49. The zero-order valence-electron chi connectivity index (χ0n) is 14.6. The van der Waals surface area contributed by atoms with Crippen LogP contribution in [0, 0.1) is 0 Å². The van der Waals surface area contributed by atoms with Crippen molar-refractivity contribution in [3.05, 3.63) is 59.0 Å². The maximum Gasteiger partial charge on any atom is 0.275 e. The van der Waals surface area contributed by atoms with Crippen LogP contribution in [0.2, 0.25) is 0 Å². The largest absolute Gasteiger partial charge is 0.497 e. The fourth-order valence-electron chi connectivity index (χ4n) is 2.94. The number of ether oxygens (including phenoxy) is 2. The molecule has 8 heteroatoms.